The molecular formula is C21H24N2O4. The Kier molecular flexibility index (Phi) is 4.99. The van der Waals surface area contributed by atoms with Gasteiger partial charge in [0.2, 0.25) is 5.91 Å². The van der Waals surface area contributed by atoms with Gasteiger partial charge >= 0.3 is 0 Å². The average molecular weight is 368 g/mol. The second-order valence-corrected chi connectivity index (χ2v) is 7.29. The fourth-order valence-electron chi connectivity index (χ4n) is 3.96. The maximum absolute atomic E-state index is 12.7. The molecule has 0 radical (unpaired) electrons. The monoisotopic (exact) mass is 368 g/mol. The first-order chi connectivity index (χ1) is 13.2. The van der Waals surface area contributed by atoms with Crippen molar-refractivity contribution in [3.05, 3.63) is 54.5 Å². The van der Waals surface area contributed by atoms with Crippen LogP contribution in [-0.2, 0) is 20.7 Å². The molecule has 142 valence electrons. The van der Waals surface area contributed by atoms with Gasteiger partial charge in [0.1, 0.15) is 18.0 Å². The minimum absolute atomic E-state index is 0.0342. The van der Waals surface area contributed by atoms with Crippen molar-refractivity contribution in [3.63, 3.8) is 0 Å². The highest BCUT2D eigenvalue weighted by Crippen LogP contribution is 2.32. The van der Waals surface area contributed by atoms with E-state index in [0.29, 0.717) is 25.9 Å². The van der Waals surface area contributed by atoms with Crippen molar-refractivity contribution in [2.45, 2.75) is 31.3 Å². The van der Waals surface area contributed by atoms with E-state index in [1.807, 2.05) is 47.4 Å². The van der Waals surface area contributed by atoms with Crippen LogP contribution in [0.1, 0.15) is 25.0 Å². The molecule has 1 aromatic carbocycles. The lowest BCUT2D eigenvalue weighted by atomic mass is 9.90. The van der Waals surface area contributed by atoms with Gasteiger partial charge in [-0.25, -0.2) is 0 Å². The normalized spacial score (nSPS) is 23.0. The average Bonchev–Trinajstić information content (AvgIpc) is 3.23. The first kappa shape index (κ1) is 17.8. The first-order valence-corrected chi connectivity index (χ1v) is 9.45. The molecule has 1 atom stereocenters. The van der Waals surface area contributed by atoms with E-state index >= 15 is 0 Å². The number of rotatable bonds is 4. The number of furan rings is 1. The summed E-state index contributed by atoms with van der Waals surface area (Å²) < 4.78 is 11.3. The molecule has 1 spiro atoms. The molecule has 2 aliphatic heterocycles. The second-order valence-electron chi connectivity index (χ2n) is 7.29. The number of morpholine rings is 1. The maximum Gasteiger partial charge on any atom is 0.253 e. The minimum Gasteiger partial charge on any atom is -0.469 e. The van der Waals surface area contributed by atoms with Crippen LogP contribution in [0.15, 0.2) is 53.1 Å². The number of para-hydroxylation sites is 1. The Morgan fingerprint density at radius 3 is 2.74 bits per heavy atom. The summed E-state index contributed by atoms with van der Waals surface area (Å²) >= 11 is 0. The van der Waals surface area contributed by atoms with Crippen LogP contribution >= 0.6 is 0 Å². The number of piperidine rings is 1. The molecule has 2 amide bonds. The topological polar surface area (TPSA) is 63.0 Å². The fraction of sp³-hybridized carbons (Fsp3) is 0.429. The smallest absolute Gasteiger partial charge is 0.253 e. The molecule has 6 heteroatoms. The van der Waals surface area contributed by atoms with Crippen LogP contribution in [0.3, 0.4) is 0 Å². The van der Waals surface area contributed by atoms with E-state index in [0.717, 1.165) is 30.8 Å². The molecule has 2 aromatic rings. The standard InChI is InChI=1S/C21H24N2O4/c24-19(10-9-18-8-4-13-26-18)22-12-5-11-21(15-22)16-23(20(25)14-27-21)17-6-2-1-3-7-17/h1-4,6-8,13H,5,9-12,14-16H2. The molecule has 3 heterocycles. The van der Waals surface area contributed by atoms with Crippen LogP contribution in [0.5, 0.6) is 0 Å². The number of hydrogen-bond donors (Lipinski definition) is 0. The van der Waals surface area contributed by atoms with Crippen molar-refractivity contribution >= 4 is 17.5 Å². The van der Waals surface area contributed by atoms with Gasteiger partial charge in [0.25, 0.3) is 5.91 Å². The van der Waals surface area contributed by atoms with Gasteiger partial charge in [0.15, 0.2) is 0 Å². The van der Waals surface area contributed by atoms with E-state index in [-0.39, 0.29) is 18.4 Å². The van der Waals surface area contributed by atoms with Crippen LogP contribution in [0.25, 0.3) is 0 Å². The van der Waals surface area contributed by atoms with Gasteiger partial charge in [0.05, 0.1) is 19.4 Å². The number of anilines is 1. The van der Waals surface area contributed by atoms with Crippen molar-refractivity contribution in [2.75, 3.05) is 31.1 Å². The van der Waals surface area contributed by atoms with Crippen LogP contribution in [-0.4, -0.2) is 48.6 Å². The summed E-state index contributed by atoms with van der Waals surface area (Å²) in [5.74, 6) is 0.898. The first-order valence-electron chi connectivity index (χ1n) is 9.45. The lowest BCUT2D eigenvalue weighted by Gasteiger charge is -2.47. The summed E-state index contributed by atoms with van der Waals surface area (Å²) in [6.45, 7) is 1.81. The number of aryl methyl sites for hydroxylation is 1. The molecule has 0 bridgehead atoms. The lowest BCUT2D eigenvalue weighted by Crippen LogP contribution is -2.62. The van der Waals surface area contributed by atoms with Gasteiger partial charge < -0.3 is 19.0 Å². The van der Waals surface area contributed by atoms with Crippen molar-refractivity contribution in [1.29, 1.82) is 0 Å². The van der Waals surface area contributed by atoms with Crippen molar-refractivity contribution < 1.29 is 18.7 Å². The highest BCUT2D eigenvalue weighted by atomic mass is 16.5. The van der Waals surface area contributed by atoms with Gasteiger partial charge in [-0.3, -0.25) is 9.59 Å². The molecule has 1 unspecified atom stereocenters. The zero-order valence-electron chi connectivity index (χ0n) is 15.3. The molecule has 2 saturated heterocycles. The van der Waals surface area contributed by atoms with Gasteiger partial charge in [-0.05, 0) is 37.1 Å². The number of carbonyl (C=O) groups excluding carboxylic acids is 2. The van der Waals surface area contributed by atoms with Crippen molar-refractivity contribution in [3.8, 4) is 0 Å². The van der Waals surface area contributed by atoms with Crippen LogP contribution in [0.4, 0.5) is 5.69 Å². The molecule has 0 N–H and O–H groups in total. The van der Waals surface area contributed by atoms with Gasteiger partial charge in [0, 0.05) is 25.1 Å². The Labute approximate surface area is 158 Å². The number of benzene rings is 1. The summed E-state index contributed by atoms with van der Waals surface area (Å²) in [5.41, 5.74) is 0.397. The number of likely N-dealkylation sites (tertiary alicyclic amines) is 1. The summed E-state index contributed by atoms with van der Waals surface area (Å²) in [6, 6.07) is 13.4. The molecule has 2 fully saturated rings. The van der Waals surface area contributed by atoms with Crippen LogP contribution in [0.2, 0.25) is 0 Å². The third-order valence-corrected chi connectivity index (χ3v) is 5.37. The van der Waals surface area contributed by atoms with E-state index in [9.17, 15) is 9.59 Å². The van der Waals surface area contributed by atoms with E-state index in [2.05, 4.69) is 0 Å². The van der Waals surface area contributed by atoms with E-state index < -0.39 is 5.60 Å². The Morgan fingerprint density at radius 2 is 1.96 bits per heavy atom. The predicted molar refractivity (Wildman–Crippen MR) is 100 cm³/mol. The van der Waals surface area contributed by atoms with Gasteiger partial charge in [-0.15, -0.1) is 0 Å². The van der Waals surface area contributed by atoms with Crippen LogP contribution < -0.4 is 4.90 Å². The van der Waals surface area contributed by atoms with Crippen LogP contribution in [0, 0.1) is 0 Å². The largest absolute Gasteiger partial charge is 0.469 e. The highest BCUT2D eigenvalue weighted by molar-refractivity contribution is 5.95. The highest BCUT2D eigenvalue weighted by Gasteiger charge is 2.44. The Hall–Kier alpha value is -2.60. The number of nitrogens with zero attached hydrogens (tertiary/aromatic N) is 2. The zero-order chi connectivity index (χ0) is 18.7. The Morgan fingerprint density at radius 1 is 1.11 bits per heavy atom. The second kappa shape index (κ2) is 7.56. The summed E-state index contributed by atoms with van der Waals surface area (Å²) in [6.07, 6.45) is 4.38. The number of amides is 2. The summed E-state index contributed by atoms with van der Waals surface area (Å²) in [7, 11) is 0. The lowest BCUT2D eigenvalue weighted by molar-refractivity contribution is -0.153. The Balaban J connectivity index is 1.43. The van der Waals surface area contributed by atoms with Crippen molar-refractivity contribution in [2.24, 2.45) is 0 Å². The third-order valence-electron chi connectivity index (χ3n) is 5.37. The van der Waals surface area contributed by atoms with Crippen molar-refractivity contribution in [1.82, 2.24) is 4.90 Å². The third kappa shape index (κ3) is 3.90. The van der Waals surface area contributed by atoms with Gasteiger partial charge in [-0.2, -0.15) is 0 Å². The fourth-order valence-corrected chi connectivity index (χ4v) is 3.96. The molecular weight excluding hydrogens is 344 g/mol. The van der Waals surface area contributed by atoms with E-state index in [1.54, 1.807) is 11.2 Å². The molecule has 4 rings (SSSR count). The summed E-state index contributed by atoms with van der Waals surface area (Å²) in [5, 5.41) is 0. The van der Waals surface area contributed by atoms with E-state index in [1.165, 1.54) is 0 Å². The Bertz CT molecular complexity index is 790. The van der Waals surface area contributed by atoms with Gasteiger partial charge in [-0.1, -0.05) is 18.2 Å². The summed E-state index contributed by atoms with van der Waals surface area (Å²) in [4.78, 5) is 28.7. The molecule has 1 aromatic heterocycles. The molecule has 0 aliphatic carbocycles. The maximum atomic E-state index is 12.7. The molecule has 27 heavy (non-hydrogen) atoms. The minimum atomic E-state index is -0.484. The van der Waals surface area contributed by atoms with E-state index in [4.69, 9.17) is 9.15 Å². The quantitative estimate of drug-likeness (QED) is 0.832. The zero-order valence-corrected chi connectivity index (χ0v) is 15.3. The SMILES string of the molecule is O=C(CCc1ccco1)N1CCCC2(C1)CN(c1ccccc1)C(=O)CO2. The molecule has 6 nitrogen and oxygen atoms in total. The number of hydrogen-bond acceptors (Lipinski definition) is 4. The number of ether oxygens (including phenoxy) is 1. The molecule has 0 saturated carbocycles. The molecule has 2 aliphatic rings. The predicted octanol–water partition coefficient (Wildman–Crippen LogP) is 2.64. The number of carbonyl (C=O) groups is 2.